The molecule has 0 spiro atoms. The molecule has 0 unspecified atom stereocenters. The van der Waals surface area contributed by atoms with Crippen LogP contribution in [0.2, 0.25) is 0 Å². The Bertz CT molecular complexity index is 821. The van der Waals surface area contributed by atoms with E-state index in [2.05, 4.69) is 32.0 Å². The lowest BCUT2D eigenvalue weighted by Crippen LogP contribution is -1.93. The molecule has 1 N–H and O–H groups in total. The normalized spacial score (nSPS) is 11.7. The highest BCUT2D eigenvalue weighted by Gasteiger charge is 2.04. The van der Waals surface area contributed by atoms with Crippen molar-refractivity contribution in [1.29, 1.82) is 0 Å². The lowest BCUT2D eigenvalue weighted by Gasteiger charge is -1.94. The standard InChI is InChI=1S/C13H13N5S/c1-9-15-16-13(19)18(9)14-7-10-8-17(2)12-6-4-3-5-11(10)12/h3-8H,1-2H3,(H,16,19)/b14-7-. The maximum Gasteiger partial charge on any atom is 0.216 e. The summed E-state index contributed by atoms with van der Waals surface area (Å²) in [6.07, 6.45) is 3.86. The van der Waals surface area contributed by atoms with Crippen LogP contribution in [-0.2, 0) is 7.05 Å². The largest absolute Gasteiger partial charge is 0.350 e. The van der Waals surface area contributed by atoms with Crippen molar-refractivity contribution in [3.8, 4) is 0 Å². The van der Waals surface area contributed by atoms with Gasteiger partial charge in [-0.05, 0) is 25.2 Å². The Kier molecular flexibility index (Phi) is 2.79. The van der Waals surface area contributed by atoms with Crippen LogP contribution in [0.1, 0.15) is 11.4 Å². The highest BCUT2D eigenvalue weighted by atomic mass is 32.1. The molecular weight excluding hydrogens is 258 g/mol. The minimum atomic E-state index is 0.494. The number of aryl methyl sites for hydroxylation is 2. The van der Waals surface area contributed by atoms with Crippen molar-refractivity contribution in [3.63, 3.8) is 0 Å². The van der Waals surface area contributed by atoms with Crippen molar-refractivity contribution in [2.24, 2.45) is 12.1 Å². The number of fused-ring (bicyclic) bond motifs is 1. The molecule has 0 bridgehead atoms. The van der Waals surface area contributed by atoms with Crippen LogP contribution in [0.4, 0.5) is 0 Å². The van der Waals surface area contributed by atoms with Gasteiger partial charge in [0.2, 0.25) is 4.77 Å². The third-order valence-corrected chi connectivity index (χ3v) is 3.32. The van der Waals surface area contributed by atoms with E-state index in [-0.39, 0.29) is 0 Å². The van der Waals surface area contributed by atoms with E-state index in [0.29, 0.717) is 4.77 Å². The van der Waals surface area contributed by atoms with Crippen LogP contribution in [0.25, 0.3) is 10.9 Å². The molecule has 5 nitrogen and oxygen atoms in total. The molecule has 19 heavy (non-hydrogen) atoms. The van der Waals surface area contributed by atoms with Gasteiger partial charge < -0.3 is 4.57 Å². The average Bonchev–Trinajstić information content (AvgIpc) is 2.90. The van der Waals surface area contributed by atoms with Crippen LogP contribution in [-0.4, -0.2) is 25.7 Å². The number of hydrogen-bond donors (Lipinski definition) is 1. The van der Waals surface area contributed by atoms with Gasteiger partial charge in [-0.15, -0.1) is 0 Å². The quantitative estimate of drug-likeness (QED) is 0.575. The van der Waals surface area contributed by atoms with Gasteiger partial charge >= 0.3 is 0 Å². The van der Waals surface area contributed by atoms with E-state index in [4.69, 9.17) is 12.2 Å². The predicted octanol–water partition coefficient (Wildman–Crippen LogP) is 2.62. The molecule has 0 saturated heterocycles. The molecule has 0 aliphatic rings. The molecule has 2 heterocycles. The molecule has 0 aliphatic carbocycles. The van der Waals surface area contributed by atoms with Gasteiger partial charge in [-0.1, -0.05) is 18.2 Å². The number of aromatic amines is 1. The maximum absolute atomic E-state index is 5.12. The van der Waals surface area contributed by atoms with E-state index in [9.17, 15) is 0 Å². The SMILES string of the molecule is Cc1n[nH]c(=S)n1/N=C\c1cn(C)c2ccccc12. The third kappa shape index (κ3) is 2.00. The van der Waals surface area contributed by atoms with Crippen LogP contribution < -0.4 is 0 Å². The second-order valence-electron chi connectivity index (χ2n) is 4.34. The minimum absolute atomic E-state index is 0.494. The van der Waals surface area contributed by atoms with Gasteiger partial charge in [0.1, 0.15) is 5.82 Å². The minimum Gasteiger partial charge on any atom is -0.350 e. The van der Waals surface area contributed by atoms with Gasteiger partial charge in [-0.2, -0.15) is 14.9 Å². The Morgan fingerprint density at radius 1 is 1.37 bits per heavy atom. The Balaban J connectivity index is 2.09. The number of rotatable bonds is 2. The second kappa shape index (κ2) is 4.47. The van der Waals surface area contributed by atoms with E-state index in [1.165, 1.54) is 10.9 Å². The fourth-order valence-corrected chi connectivity index (χ4v) is 2.33. The molecule has 3 aromatic rings. The highest BCUT2D eigenvalue weighted by molar-refractivity contribution is 7.71. The molecule has 0 atom stereocenters. The van der Waals surface area contributed by atoms with Crippen molar-refractivity contribution in [2.45, 2.75) is 6.92 Å². The van der Waals surface area contributed by atoms with Crippen LogP contribution in [0.3, 0.4) is 0 Å². The molecule has 0 amide bonds. The summed E-state index contributed by atoms with van der Waals surface area (Å²) in [5.74, 6) is 0.737. The molecule has 96 valence electrons. The van der Waals surface area contributed by atoms with Gasteiger partial charge in [0.25, 0.3) is 0 Å². The first kappa shape index (κ1) is 11.9. The summed E-state index contributed by atoms with van der Waals surface area (Å²) < 4.78 is 4.18. The predicted molar refractivity (Wildman–Crippen MR) is 78.1 cm³/mol. The van der Waals surface area contributed by atoms with Crippen molar-refractivity contribution in [3.05, 3.63) is 46.6 Å². The summed E-state index contributed by atoms with van der Waals surface area (Å²) in [6.45, 7) is 1.85. The first-order valence-electron chi connectivity index (χ1n) is 5.89. The van der Waals surface area contributed by atoms with Crippen LogP contribution in [0.15, 0.2) is 35.6 Å². The maximum atomic E-state index is 5.12. The van der Waals surface area contributed by atoms with E-state index < -0.39 is 0 Å². The van der Waals surface area contributed by atoms with Gasteiger partial charge in [-0.3, -0.25) is 5.10 Å². The summed E-state index contributed by atoms with van der Waals surface area (Å²) in [5, 5.41) is 12.3. The van der Waals surface area contributed by atoms with Gasteiger partial charge in [0.15, 0.2) is 0 Å². The summed E-state index contributed by atoms with van der Waals surface area (Å²) in [6, 6.07) is 8.22. The Labute approximate surface area is 115 Å². The second-order valence-corrected chi connectivity index (χ2v) is 4.73. The summed E-state index contributed by atoms with van der Waals surface area (Å²) in [7, 11) is 2.02. The number of H-pyrrole nitrogens is 1. The lowest BCUT2D eigenvalue weighted by molar-refractivity contribution is 0.821. The zero-order valence-electron chi connectivity index (χ0n) is 10.7. The smallest absolute Gasteiger partial charge is 0.216 e. The van der Waals surface area contributed by atoms with E-state index >= 15 is 0 Å². The summed E-state index contributed by atoms with van der Waals surface area (Å²) in [4.78, 5) is 0. The Morgan fingerprint density at radius 3 is 2.89 bits per heavy atom. The molecule has 6 heteroatoms. The first-order valence-corrected chi connectivity index (χ1v) is 6.30. The average molecular weight is 271 g/mol. The van der Waals surface area contributed by atoms with E-state index in [0.717, 1.165) is 11.4 Å². The Hall–Kier alpha value is -2.21. The molecule has 0 radical (unpaired) electrons. The monoisotopic (exact) mass is 271 g/mol. The topological polar surface area (TPSA) is 50.9 Å². The van der Waals surface area contributed by atoms with E-state index in [1.807, 2.05) is 32.3 Å². The number of benzene rings is 1. The molecule has 0 saturated carbocycles. The number of aromatic nitrogens is 4. The van der Waals surface area contributed by atoms with Crippen molar-refractivity contribution < 1.29 is 0 Å². The van der Waals surface area contributed by atoms with Gasteiger partial charge in [0.05, 0.1) is 6.21 Å². The van der Waals surface area contributed by atoms with E-state index in [1.54, 1.807) is 10.9 Å². The molecule has 0 aliphatic heterocycles. The van der Waals surface area contributed by atoms with Crippen LogP contribution >= 0.6 is 12.2 Å². The number of nitrogens with one attached hydrogen (secondary N) is 1. The number of hydrogen-bond acceptors (Lipinski definition) is 3. The third-order valence-electron chi connectivity index (χ3n) is 3.05. The fraction of sp³-hybridized carbons (Fsp3) is 0.154. The van der Waals surface area contributed by atoms with Crippen molar-refractivity contribution in [2.75, 3.05) is 0 Å². The molecular formula is C13H13N5S. The molecule has 1 aromatic carbocycles. The number of para-hydroxylation sites is 1. The van der Waals surface area contributed by atoms with Crippen LogP contribution in [0, 0.1) is 11.7 Å². The summed E-state index contributed by atoms with van der Waals surface area (Å²) >= 11 is 5.12. The van der Waals surface area contributed by atoms with Crippen molar-refractivity contribution in [1.82, 2.24) is 19.4 Å². The fourth-order valence-electron chi connectivity index (χ4n) is 2.10. The number of nitrogens with zero attached hydrogens (tertiary/aromatic N) is 4. The van der Waals surface area contributed by atoms with Gasteiger partial charge in [0, 0.05) is 29.7 Å². The zero-order valence-corrected chi connectivity index (χ0v) is 11.5. The van der Waals surface area contributed by atoms with Gasteiger partial charge in [-0.25, -0.2) is 0 Å². The molecule has 0 fully saturated rings. The zero-order chi connectivity index (χ0) is 13.4. The molecule has 3 rings (SSSR count). The summed E-state index contributed by atoms with van der Waals surface area (Å²) in [5.41, 5.74) is 2.23. The highest BCUT2D eigenvalue weighted by Crippen LogP contribution is 2.18. The Morgan fingerprint density at radius 2 is 2.16 bits per heavy atom. The van der Waals surface area contributed by atoms with Crippen LogP contribution in [0.5, 0.6) is 0 Å². The lowest BCUT2D eigenvalue weighted by atomic mass is 10.2. The van der Waals surface area contributed by atoms with Crippen molar-refractivity contribution >= 4 is 29.3 Å². The molecule has 2 aromatic heterocycles. The first-order chi connectivity index (χ1) is 9.16.